The summed E-state index contributed by atoms with van der Waals surface area (Å²) in [6, 6.07) is 6.30. The number of benzene rings is 2. The SMILES string of the molecule is O=[N+]([O-])c1cc(F)c(Nc2ccc3[nH]ncc3c2)c(F)c1. The molecule has 1 aromatic heterocycles. The molecule has 8 heteroatoms. The van der Waals surface area contributed by atoms with Gasteiger partial charge < -0.3 is 5.32 Å². The van der Waals surface area contributed by atoms with Crippen molar-refractivity contribution in [1.82, 2.24) is 10.2 Å². The maximum Gasteiger partial charge on any atom is 0.275 e. The summed E-state index contributed by atoms with van der Waals surface area (Å²) in [7, 11) is 0. The number of aromatic nitrogens is 2. The van der Waals surface area contributed by atoms with Gasteiger partial charge in [-0.1, -0.05) is 0 Å². The number of nitrogens with one attached hydrogen (secondary N) is 2. The highest BCUT2D eigenvalue weighted by atomic mass is 19.1. The highest BCUT2D eigenvalue weighted by Crippen LogP contribution is 2.28. The maximum absolute atomic E-state index is 13.8. The lowest BCUT2D eigenvalue weighted by atomic mass is 10.2. The summed E-state index contributed by atoms with van der Waals surface area (Å²) in [5.41, 5.74) is 0.144. The minimum absolute atomic E-state index is 0.440. The van der Waals surface area contributed by atoms with Crippen LogP contribution < -0.4 is 5.32 Å². The van der Waals surface area contributed by atoms with Crippen LogP contribution in [-0.2, 0) is 0 Å². The highest BCUT2D eigenvalue weighted by molar-refractivity contribution is 5.83. The summed E-state index contributed by atoms with van der Waals surface area (Å²) in [4.78, 5) is 9.68. The van der Waals surface area contributed by atoms with E-state index >= 15 is 0 Å². The molecule has 0 amide bonds. The lowest BCUT2D eigenvalue weighted by Crippen LogP contribution is -1.99. The first-order valence-corrected chi connectivity index (χ1v) is 5.88. The molecule has 3 rings (SSSR count). The zero-order chi connectivity index (χ0) is 15.0. The molecule has 0 atom stereocenters. The normalized spacial score (nSPS) is 10.8. The van der Waals surface area contributed by atoms with Crippen LogP contribution in [0.2, 0.25) is 0 Å². The fourth-order valence-electron chi connectivity index (χ4n) is 1.95. The van der Waals surface area contributed by atoms with Gasteiger partial charge in [-0.25, -0.2) is 8.78 Å². The second kappa shape index (κ2) is 4.82. The van der Waals surface area contributed by atoms with Crippen LogP contribution in [0, 0.1) is 21.7 Å². The molecule has 0 radical (unpaired) electrons. The molecular weight excluding hydrogens is 282 g/mol. The average Bonchev–Trinajstić information content (AvgIpc) is 2.90. The summed E-state index contributed by atoms with van der Waals surface area (Å²) in [6.07, 6.45) is 1.57. The van der Waals surface area contributed by atoms with Gasteiger partial charge in [-0.15, -0.1) is 0 Å². The molecule has 0 fully saturated rings. The molecule has 2 N–H and O–H groups in total. The van der Waals surface area contributed by atoms with Crippen LogP contribution in [0.5, 0.6) is 0 Å². The molecule has 0 aliphatic heterocycles. The van der Waals surface area contributed by atoms with E-state index in [2.05, 4.69) is 15.5 Å². The molecule has 21 heavy (non-hydrogen) atoms. The van der Waals surface area contributed by atoms with E-state index < -0.39 is 27.9 Å². The Bertz CT molecular complexity index is 824. The largest absolute Gasteiger partial charge is 0.351 e. The first kappa shape index (κ1) is 13.0. The Labute approximate surface area is 116 Å². The molecule has 0 aliphatic rings. The van der Waals surface area contributed by atoms with Gasteiger partial charge >= 0.3 is 0 Å². The molecular formula is C13H8F2N4O2. The highest BCUT2D eigenvalue weighted by Gasteiger charge is 2.17. The Morgan fingerprint density at radius 2 is 1.90 bits per heavy atom. The predicted molar refractivity (Wildman–Crippen MR) is 72.4 cm³/mol. The average molecular weight is 290 g/mol. The third-order valence-electron chi connectivity index (χ3n) is 2.95. The zero-order valence-corrected chi connectivity index (χ0v) is 10.4. The Morgan fingerprint density at radius 1 is 1.19 bits per heavy atom. The first-order chi connectivity index (χ1) is 10.0. The summed E-state index contributed by atoms with van der Waals surface area (Å²) in [5, 5.41) is 20.5. The molecule has 3 aromatic rings. The molecule has 0 saturated carbocycles. The topological polar surface area (TPSA) is 83.9 Å². The molecule has 2 aromatic carbocycles. The van der Waals surface area contributed by atoms with Gasteiger partial charge in [0.2, 0.25) is 0 Å². The minimum atomic E-state index is -1.03. The lowest BCUT2D eigenvalue weighted by molar-refractivity contribution is -0.385. The van der Waals surface area contributed by atoms with Crippen molar-refractivity contribution in [1.29, 1.82) is 0 Å². The molecule has 1 heterocycles. The summed E-state index contributed by atoms with van der Waals surface area (Å²) in [5.74, 6) is -2.07. The van der Waals surface area contributed by atoms with Gasteiger partial charge in [0.25, 0.3) is 5.69 Å². The Kier molecular flexibility index (Phi) is 2.98. The van der Waals surface area contributed by atoms with Gasteiger partial charge in [0, 0.05) is 11.1 Å². The molecule has 0 unspecified atom stereocenters. The van der Waals surface area contributed by atoms with E-state index in [9.17, 15) is 18.9 Å². The van der Waals surface area contributed by atoms with E-state index in [4.69, 9.17) is 0 Å². The monoisotopic (exact) mass is 290 g/mol. The summed E-state index contributed by atoms with van der Waals surface area (Å²) < 4.78 is 27.6. The van der Waals surface area contributed by atoms with E-state index in [1.165, 1.54) is 0 Å². The minimum Gasteiger partial charge on any atom is -0.351 e. The fourth-order valence-corrected chi connectivity index (χ4v) is 1.95. The standard InChI is InChI=1S/C13H8F2N4O2/c14-10-4-9(19(20)21)5-11(15)13(10)17-8-1-2-12-7(3-8)6-16-18-12/h1-6,17H,(H,16,18). The molecule has 0 aliphatic carbocycles. The lowest BCUT2D eigenvalue weighted by Gasteiger charge is -2.08. The maximum atomic E-state index is 13.8. The van der Waals surface area contributed by atoms with Crippen molar-refractivity contribution >= 4 is 28.0 Å². The van der Waals surface area contributed by atoms with Crippen molar-refractivity contribution < 1.29 is 13.7 Å². The number of nitro groups is 1. The number of hydrogen-bond acceptors (Lipinski definition) is 4. The predicted octanol–water partition coefficient (Wildman–Crippen LogP) is 3.49. The van der Waals surface area contributed by atoms with E-state index in [-0.39, 0.29) is 0 Å². The molecule has 0 saturated heterocycles. The number of nitrogens with zero attached hydrogens (tertiary/aromatic N) is 2. The third kappa shape index (κ3) is 2.38. The smallest absolute Gasteiger partial charge is 0.275 e. The number of fused-ring (bicyclic) bond motifs is 1. The van der Waals surface area contributed by atoms with Crippen LogP contribution >= 0.6 is 0 Å². The van der Waals surface area contributed by atoms with Gasteiger partial charge in [0.05, 0.1) is 28.8 Å². The number of aromatic amines is 1. The molecule has 6 nitrogen and oxygen atoms in total. The van der Waals surface area contributed by atoms with Gasteiger partial charge in [-0.2, -0.15) is 5.10 Å². The van der Waals surface area contributed by atoms with E-state index in [1.54, 1.807) is 24.4 Å². The van der Waals surface area contributed by atoms with Crippen molar-refractivity contribution in [2.24, 2.45) is 0 Å². The van der Waals surface area contributed by atoms with Crippen molar-refractivity contribution in [3.63, 3.8) is 0 Å². The van der Waals surface area contributed by atoms with Crippen LogP contribution in [0.15, 0.2) is 36.5 Å². The number of H-pyrrole nitrogens is 1. The number of non-ortho nitro benzene ring substituents is 1. The fraction of sp³-hybridized carbons (Fsp3) is 0. The van der Waals surface area contributed by atoms with Crippen LogP contribution in [0.1, 0.15) is 0 Å². The zero-order valence-electron chi connectivity index (χ0n) is 10.4. The third-order valence-corrected chi connectivity index (χ3v) is 2.95. The summed E-state index contributed by atoms with van der Waals surface area (Å²) >= 11 is 0. The van der Waals surface area contributed by atoms with Crippen LogP contribution in [0.4, 0.5) is 25.8 Å². The van der Waals surface area contributed by atoms with E-state index in [1.807, 2.05) is 0 Å². The number of nitro benzene ring substituents is 1. The number of rotatable bonds is 3. The molecule has 0 spiro atoms. The van der Waals surface area contributed by atoms with E-state index in [0.29, 0.717) is 17.8 Å². The summed E-state index contributed by atoms with van der Waals surface area (Å²) in [6.45, 7) is 0. The van der Waals surface area contributed by atoms with Crippen molar-refractivity contribution in [2.75, 3.05) is 5.32 Å². The van der Waals surface area contributed by atoms with Gasteiger partial charge in [-0.05, 0) is 18.2 Å². The second-order valence-electron chi connectivity index (χ2n) is 4.34. The number of hydrogen-bond donors (Lipinski definition) is 2. The van der Waals surface area contributed by atoms with Gasteiger partial charge in [0.15, 0.2) is 11.6 Å². The Morgan fingerprint density at radius 3 is 2.57 bits per heavy atom. The quantitative estimate of drug-likeness (QED) is 0.571. The van der Waals surface area contributed by atoms with Crippen LogP contribution in [0.3, 0.4) is 0 Å². The molecule has 0 bridgehead atoms. The Hall–Kier alpha value is -3.03. The van der Waals surface area contributed by atoms with Crippen molar-refractivity contribution in [2.45, 2.75) is 0 Å². The van der Waals surface area contributed by atoms with Gasteiger partial charge in [0.1, 0.15) is 5.69 Å². The van der Waals surface area contributed by atoms with Crippen molar-refractivity contribution in [3.05, 3.63) is 58.3 Å². The van der Waals surface area contributed by atoms with Crippen LogP contribution in [-0.4, -0.2) is 15.1 Å². The van der Waals surface area contributed by atoms with Crippen molar-refractivity contribution in [3.8, 4) is 0 Å². The number of halogens is 2. The Balaban J connectivity index is 1.99. The second-order valence-corrected chi connectivity index (χ2v) is 4.34. The van der Waals surface area contributed by atoms with Gasteiger partial charge in [-0.3, -0.25) is 15.2 Å². The first-order valence-electron chi connectivity index (χ1n) is 5.88. The molecule has 106 valence electrons. The van der Waals surface area contributed by atoms with Crippen LogP contribution in [0.25, 0.3) is 10.9 Å². The number of anilines is 2. The van der Waals surface area contributed by atoms with E-state index in [0.717, 1.165) is 10.9 Å².